The highest BCUT2D eigenvalue weighted by atomic mass is 17.2. The number of benzene rings is 1. The molecule has 0 radical (unpaired) electrons. The van der Waals surface area contributed by atoms with Gasteiger partial charge < -0.3 is 4.74 Å². The average Bonchev–Trinajstić information content (AvgIpc) is 2.34. The van der Waals surface area contributed by atoms with E-state index in [0.29, 0.717) is 0 Å². The van der Waals surface area contributed by atoms with Gasteiger partial charge in [-0.3, -0.25) is 5.32 Å². The summed E-state index contributed by atoms with van der Waals surface area (Å²) in [5.74, 6) is 0. The number of nitrogens with one attached hydrogen (secondary N) is 1. The van der Waals surface area contributed by atoms with Crippen molar-refractivity contribution < 1.29 is 19.3 Å². The van der Waals surface area contributed by atoms with E-state index in [1.54, 1.807) is 13.8 Å². The van der Waals surface area contributed by atoms with Crippen LogP contribution in [0.1, 0.15) is 40.2 Å². The lowest BCUT2D eigenvalue weighted by molar-refractivity contribution is -0.401. The Hall–Kier alpha value is -1.59. The molecular weight excluding hydrogens is 258 g/mol. The molecule has 0 bridgehead atoms. The molecule has 20 heavy (non-hydrogen) atoms. The van der Waals surface area contributed by atoms with Crippen molar-refractivity contribution in [3.8, 4) is 0 Å². The molecule has 0 unspecified atom stereocenters. The van der Waals surface area contributed by atoms with Crippen LogP contribution in [0.3, 0.4) is 0 Å². The van der Waals surface area contributed by atoms with Gasteiger partial charge in [-0.2, -0.15) is 0 Å². The van der Waals surface area contributed by atoms with Crippen LogP contribution in [-0.4, -0.2) is 17.4 Å². The van der Waals surface area contributed by atoms with Gasteiger partial charge in [-0.25, -0.2) is 14.6 Å². The molecule has 1 N–H and O–H groups in total. The zero-order valence-corrected chi connectivity index (χ0v) is 12.7. The summed E-state index contributed by atoms with van der Waals surface area (Å²) in [6.45, 7) is 9.15. The SMILES string of the molecule is CC(C)(C)OOC(C)(C)NC(=O)OCc1ccccc1. The lowest BCUT2D eigenvalue weighted by Gasteiger charge is -2.28. The van der Waals surface area contributed by atoms with E-state index >= 15 is 0 Å². The normalized spacial score (nSPS) is 12.1. The van der Waals surface area contributed by atoms with E-state index in [2.05, 4.69) is 5.32 Å². The third kappa shape index (κ3) is 7.11. The summed E-state index contributed by atoms with van der Waals surface area (Å²) in [5.41, 5.74) is -0.499. The lowest BCUT2D eigenvalue weighted by Crippen LogP contribution is -2.47. The van der Waals surface area contributed by atoms with Crippen LogP contribution in [0.25, 0.3) is 0 Å². The fourth-order valence-corrected chi connectivity index (χ4v) is 1.25. The molecule has 0 spiro atoms. The van der Waals surface area contributed by atoms with E-state index in [1.165, 1.54) is 0 Å². The Kier molecular flexibility index (Phi) is 5.53. The Balaban J connectivity index is 2.37. The van der Waals surface area contributed by atoms with Crippen LogP contribution in [0.5, 0.6) is 0 Å². The Labute approximate surface area is 120 Å². The van der Waals surface area contributed by atoms with Crippen molar-refractivity contribution in [2.75, 3.05) is 0 Å². The van der Waals surface area contributed by atoms with Gasteiger partial charge in [0.15, 0.2) is 5.72 Å². The van der Waals surface area contributed by atoms with Crippen LogP contribution < -0.4 is 5.32 Å². The lowest BCUT2D eigenvalue weighted by atomic mass is 10.2. The summed E-state index contributed by atoms with van der Waals surface area (Å²) in [5, 5.41) is 2.59. The van der Waals surface area contributed by atoms with Gasteiger partial charge in [0.25, 0.3) is 0 Å². The molecule has 0 saturated heterocycles. The van der Waals surface area contributed by atoms with Gasteiger partial charge in [-0.05, 0) is 40.2 Å². The van der Waals surface area contributed by atoms with Crippen molar-refractivity contribution in [2.24, 2.45) is 0 Å². The van der Waals surface area contributed by atoms with E-state index in [4.69, 9.17) is 14.5 Å². The van der Waals surface area contributed by atoms with Crippen molar-refractivity contribution >= 4 is 6.09 Å². The Morgan fingerprint density at radius 2 is 1.65 bits per heavy atom. The second kappa shape index (κ2) is 6.72. The van der Waals surface area contributed by atoms with Gasteiger partial charge in [-0.1, -0.05) is 30.3 Å². The topological polar surface area (TPSA) is 56.8 Å². The number of carbonyl (C=O) groups is 1. The zero-order chi connectivity index (χ0) is 15.2. The Bertz CT molecular complexity index is 423. The molecule has 0 aliphatic carbocycles. The molecule has 5 nitrogen and oxygen atoms in total. The second-order valence-corrected chi connectivity index (χ2v) is 5.98. The Morgan fingerprint density at radius 1 is 1.05 bits per heavy atom. The van der Waals surface area contributed by atoms with Gasteiger partial charge in [0.1, 0.15) is 6.61 Å². The summed E-state index contributed by atoms with van der Waals surface area (Å²) < 4.78 is 5.11. The number of carbonyl (C=O) groups excluding carboxylic acids is 1. The minimum absolute atomic E-state index is 0.211. The molecule has 0 saturated carbocycles. The predicted molar refractivity (Wildman–Crippen MR) is 75.8 cm³/mol. The average molecular weight is 281 g/mol. The molecule has 1 amide bonds. The number of alkyl carbamates (subject to hydrolysis) is 1. The summed E-state index contributed by atoms with van der Waals surface area (Å²) >= 11 is 0. The van der Waals surface area contributed by atoms with E-state index in [9.17, 15) is 4.79 Å². The summed E-state index contributed by atoms with van der Waals surface area (Å²) in [7, 11) is 0. The number of hydrogen-bond donors (Lipinski definition) is 1. The highest BCUT2D eigenvalue weighted by Crippen LogP contribution is 2.14. The van der Waals surface area contributed by atoms with E-state index in [-0.39, 0.29) is 6.61 Å². The van der Waals surface area contributed by atoms with Crippen molar-refractivity contribution in [1.82, 2.24) is 5.32 Å². The summed E-state index contributed by atoms with van der Waals surface area (Å²) in [6, 6.07) is 9.46. The maximum Gasteiger partial charge on any atom is 0.409 e. The molecule has 0 atom stereocenters. The largest absolute Gasteiger partial charge is 0.445 e. The predicted octanol–water partition coefficient (Wildman–Crippen LogP) is 3.40. The fraction of sp³-hybridized carbons (Fsp3) is 0.533. The van der Waals surface area contributed by atoms with E-state index in [1.807, 2.05) is 51.1 Å². The molecule has 1 aromatic rings. The van der Waals surface area contributed by atoms with Crippen molar-refractivity contribution in [1.29, 1.82) is 0 Å². The van der Waals surface area contributed by atoms with Crippen LogP contribution in [-0.2, 0) is 21.1 Å². The first-order chi connectivity index (χ1) is 9.18. The molecule has 0 heterocycles. The van der Waals surface area contributed by atoms with Gasteiger partial charge >= 0.3 is 6.09 Å². The number of hydrogen-bond acceptors (Lipinski definition) is 4. The highest BCUT2D eigenvalue weighted by molar-refractivity contribution is 5.67. The van der Waals surface area contributed by atoms with Crippen LogP contribution in [0, 0.1) is 0 Å². The molecule has 112 valence electrons. The van der Waals surface area contributed by atoms with Crippen molar-refractivity contribution in [3.05, 3.63) is 35.9 Å². The first kappa shape index (κ1) is 16.5. The minimum atomic E-state index is -0.971. The standard InChI is InChI=1S/C15H23NO4/c1-14(2,3)19-20-15(4,5)16-13(17)18-11-12-9-7-6-8-10-12/h6-10H,11H2,1-5H3,(H,16,17). The molecule has 0 aliphatic heterocycles. The van der Waals surface area contributed by atoms with Crippen LogP contribution >= 0.6 is 0 Å². The first-order valence-corrected chi connectivity index (χ1v) is 6.54. The van der Waals surface area contributed by atoms with Gasteiger partial charge in [-0.15, -0.1) is 0 Å². The quantitative estimate of drug-likeness (QED) is 0.510. The van der Waals surface area contributed by atoms with E-state index in [0.717, 1.165) is 5.56 Å². The highest BCUT2D eigenvalue weighted by Gasteiger charge is 2.26. The van der Waals surface area contributed by atoms with Crippen LogP contribution in [0.2, 0.25) is 0 Å². The van der Waals surface area contributed by atoms with Gasteiger partial charge in [0.2, 0.25) is 0 Å². The molecular formula is C15H23NO4. The number of ether oxygens (including phenoxy) is 1. The number of rotatable bonds is 5. The first-order valence-electron chi connectivity index (χ1n) is 6.54. The molecule has 5 heteroatoms. The molecule has 1 rings (SSSR count). The number of amides is 1. The molecule has 0 aliphatic rings. The van der Waals surface area contributed by atoms with Gasteiger partial charge in [0.05, 0.1) is 5.60 Å². The maximum atomic E-state index is 11.7. The van der Waals surface area contributed by atoms with Gasteiger partial charge in [0, 0.05) is 0 Å². The minimum Gasteiger partial charge on any atom is -0.445 e. The van der Waals surface area contributed by atoms with Crippen LogP contribution in [0.15, 0.2) is 30.3 Å². The molecule has 1 aromatic carbocycles. The smallest absolute Gasteiger partial charge is 0.409 e. The maximum absolute atomic E-state index is 11.7. The van der Waals surface area contributed by atoms with Crippen molar-refractivity contribution in [2.45, 2.75) is 52.6 Å². The third-order valence-electron chi connectivity index (χ3n) is 2.12. The second-order valence-electron chi connectivity index (χ2n) is 5.98. The fourth-order valence-electron chi connectivity index (χ4n) is 1.25. The third-order valence-corrected chi connectivity index (χ3v) is 2.12. The molecule has 0 fully saturated rings. The zero-order valence-electron chi connectivity index (χ0n) is 12.7. The summed E-state index contributed by atoms with van der Waals surface area (Å²) in [4.78, 5) is 22.1. The summed E-state index contributed by atoms with van der Waals surface area (Å²) in [6.07, 6.45) is -0.559. The van der Waals surface area contributed by atoms with Crippen LogP contribution in [0.4, 0.5) is 4.79 Å². The Morgan fingerprint density at radius 3 is 2.20 bits per heavy atom. The monoisotopic (exact) mass is 281 g/mol. The van der Waals surface area contributed by atoms with Crippen molar-refractivity contribution in [3.63, 3.8) is 0 Å². The molecule has 0 aromatic heterocycles. The van der Waals surface area contributed by atoms with E-state index < -0.39 is 17.4 Å².